The number of carbonyl (C=O) groups excluding carboxylic acids is 1. The molecule has 4 nitrogen and oxygen atoms in total. The van der Waals surface area contributed by atoms with Crippen LogP contribution >= 0.6 is 11.6 Å². The molecular formula is C21H24ClN3O. The standard InChI is InChI=1S/C21H24ClN3O/c22-18-8-9-20(24-11-4-1-5-12-24)19(14-18)23-21(26)25-13-10-16-6-2-3-7-17(16)15-25/h2-3,6-9,14H,1,4-5,10-13,15H2,(H,23,26). The summed E-state index contributed by atoms with van der Waals surface area (Å²) in [5.41, 5.74) is 4.45. The fourth-order valence-corrected chi connectivity index (χ4v) is 4.05. The largest absolute Gasteiger partial charge is 0.370 e. The average Bonchev–Trinajstić information content (AvgIpc) is 2.68. The van der Waals surface area contributed by atoms with Crippen molar-refractivity contribution in [2.75, 3.05) is 29.9 Å². The Morgan fingerprint density at radius 3 is 2.54 bits per heavy atom. The zero-order valence-corrected chi connectivity index (χ0v) is 15.6. The summed E-state index contributed by atoms with van der Waals surface area (Å²) in [4.78, 5) is 17.1. The lowest BCUT2D eigenvalue weighted by atomic mass is 10.0. The van der Waals surface area contributed by atoms with E-state index in [1.54, 1.807) is 0 Å². The van der Waals surface area contributed by atoms with Crippen molar-refractivity contribution >= 4 is 29.0 Å². The van der Waals surface area contributed by atoms with E-state index < -0.39 is 0 Å². The van der Waals surface area contributed by atoms with Gasteiger partial charge in [-0.2, -0.15) is 0 Å². The van der Waals surface area contributed by atoms with Crippen LogP contribution in [0, 0.1) is 0 Å². The smallest absolute Gasteiger partial charge is 0.322 e. The molecule has 0 bridgehead atoms. The Balaban J connectivity index is 1.52. The molecule has 0 radical (unpaired) electrons. The molecule has 2 heterocycles. The van der Waals surface area contributed by atoms with Crippen molar-refractivity contribution in [1.29, 1.82) is 0 Å². The summed E-state index contributed by atoms with van der Waals surface area (Å²) in [6.07, 6.45) is 4.56. The second-order valence-electron chi connectivity index (χ2n) is 7.08. The lowest BCUT2D eigenvalue weighted by molar-refractivity contribution is 0.206. The Kier molecular flexibility index (Phi) is 5.02. The first-order valence-corrected chi connectivity index (χ1v) is 9.76. The summed E-state index contributed by atoms with van der Waals surface area (Å²) in [6.45, 7) is 3.45. The molecule has 1 fully saturated rings. The Morgan fingerprint density at radius 2 is 1.73 bits per heavy atom. The van der Waals surface area contributed by atoms with E-state index in [1.165, 1.54) is 30.4 Å². The molecule has 1 N–H and O–H groups in total. The predicted molar refractivity (Wildman–Crippen MR) is 107 cm³/mol. The van der Waals surface area contributed by atoms with E-state index in [0.717, 1.165) is 37.4 Å². The number of nitrogens with one attached hydrogen (secondary N) is 1. The van der Waals surface area contributed by atoms with Gasteiger partial charge in [0.2, 0.25) is 0 Å². The number of hydrogen-bond acceptors (Lipinski definition) is 2. The van der Waals surface area contributed by atoms with Crippen molar-refractivity contribution in [3.63, 3.8) is 0 Å². The van der Waals surface area contributed by atoms with Crippen LogP contribution in [-0.4, -0.2) is 30.6 Å². The lowest BCUT2D eigenvalue weighted by Gasteiger charge is -2.32. The topological polar surface area (TPSA) is 35.6 Å². The van der Waals surface area contributed by atoms with Gasteiger partial charge in [0, 0.05) is 31.2 Å². The molecule has 0 unspecified atom stereocenters. The average molecular weight is 370 g/mol. The second kappa shape index (κ2) is 7.58. The van der Waals surface area contributed by atoms with Gasteiger partial charge in [0.25, 0.3) is 0 Å². The fraction of sp³-hybridized carbons (Fsp3) is 0.381. The molecule has 0 atom stereocenters. The molecule has 5 heteroatoms. The van der Waals surface area contributed by atoms with E-state index in [-0.39, 0.29) is 6.03 Å². The number of fused-ring (bicyclic) bond motifs is 1. The van der Waals surface area contributed by atoms with Gasteiger partial charge < -0.3 is 15.1 Å². The molecule has 2 aromatic rings. The van der Waals surface area contributed by atoms with Crippen molar-refractivity contribution in [2.45, 2.75) is 32.2 Å². The molecule has 2 amide bonds. The van der Waals surface area contributed by atoms with E-state index in [1.807, 2.05) is 29.2 Å². The SMILES string of the molecule is O=C(Nc1cc(Cl)ccc1N1CCCCC1)N1CCc2ccccc2C1. The summed E-state index contributed by atoms with van der Waals surface area (Å²) >= 11 is 6.21. The highest BCUT2D eigenvalue weighted by molar-refractivity contribution is 6.31. The first-order chi connectivity index (χ1) is 12.7. The second-order valence-corrected chi connectivity index (χ2v) is 7.52. The quantitative estimate of drug-likeness (QED) is 0.815. The van der Waals surface area contributed by atoms with Gasteiger partial charge in [-0.1, -0.05) is 35.9 Å². The number of rotatable bonds is 2. The molecule has 136 valence electrons. The minimum atomic E-state index is -0.0555. The summed E-state index contributed by atoms with van der Waals surface area (Å²) in [7, 11) is 0. The summed E-state index contributed by atoms with van der Waals surface area (Å²) in [6, 6.07) is 14.1. The minimum absolute atomic E-state index is 0.0555. The van der Waals surface area contributed by atoms with Crippen molar-refractivity contribution in [1.82, 2.24) is 4.90 Å². The molecule has 2 aliphatic heterocycles. The third-order valence-corrected chi connectivity index (χ3v) is 5.55. The molecule has 0 saturated carbocycles. The summed E-state index contributed by atoms with van der Waals surface area (Å²) in [5, 5.41) is 3.75. The van der Waals surface area contributed by atoms with Gasteiger partial charge in [-0.15, -0.1) is 0 Å². The molecule has 26 heavy (non-hydrogen) atoms. The van der Waals surface area contributed by atoms with Gasteiger partial charge in [-0.3, -0.25) is 0 Å². The van der Waals surface area contributed by atoms with Crippen molar-refractivity contribution in [2.24, 2.45) is 0 Å². The Morgan fingerprint density at radius 1 is 0.962 bits per heavy atom. The van der Waals surface area contributed by atoms with Gasteiger partial charge in [-0.25, -0.2) is 4.79 Å². The van der Waals surface area contributed by atoms with Crippen LogP contribution < -0.4 is 10.2 Å². The van der Waals surface area contributed by atoms with Crippen molar-refractivity contribution in [3.8, 4) is 0 Å². The van der Waals surface area contributed by atoms with Gasteiger partial charge in [-0.05, 0) is 55.0 Å². The first-order valence-electron chi connectivity index (χ1n) is 9.38. The highest BCUT2D eigenvalue weighted by atomic mass is 35.5. The molecule has 0 aliphatic carbocycles. The molecule has 2 aromatic carbocycles. The van der Waals surface area contributed by atoms with Crippen LogP contribution in [0.15, 0.2) is 42.5 Å². The zero-order chi connectivity index (χ0) is 17.9. The molecule has 4 rings (SSSR count). The van der Waals surface area contributed by atoms with Crippen molar-refractivity contribution in [3.05, 3.63) is 58.6 Å². The van der Waals surface area contributed by atoms with Crippen LogP contribution in [0.4, 0.5) is 16.2 Å². The number of carbonyl (C=O) groups is 1. The van der Waals surface area contributed by atoms with E-state index in [9.17, 15) is 4.79 Å². The number of urea groups is 1. The number of amides is 2. The van der Waals surface area contributed by atoms with Crippen LogP contribution in [0.3, 0.4) is 0 Å². The summed E-state index contributed by atoms with van der Waals surface area (Å²) < 4.78 is 0. The zero-order valence-electron chi connectivity index (χ0n) is 14.9. The number of halogens is 1. The predicted octanol–water partition coefficient (Wildman–Crippen LogP) is 4.92. The van der Waals surface area contributed by atoms with Crippen LogP contribution in [0.2, 0.25) is 5.02 Å². The normalized spacial score (nSPS) is 17.0. The van der Waals surface area contributed by atoms with Gasteiger partial charge in [0.05, 0.1) is 11.4 Å². The van der Waals surface area contributed by atoms with Crippen LogP contribution in [0.1, 0.15) is 30.4 Å². The number of nitrogens with zero attached hydrogens (tertiary/aromatic N) is 2. The van der Waals surface area contributed by atoms with Crippen LogP contribution in [0.5, 0.6) is 0 Å². The highest BCUT2D eigenvalue weighted by Gasteiger charge is 2.22. The summed E-state index contributed by atoms with van der Waals surface area (Å²) in [5.74, 6) is 0. The Bertz CT molecular complexity index is 802. The maximum atomic E-state index is 12.9. The number of benzene rings is 2. The highest BCUT2D eigenvalue weighted by Crippen LogP contribution is 2.32. The molecule has 0 aromatic heterocycles. The number of anilines is 2. The Labute approximate surface area is 159 Å². The van der Waals surface area contributed by atoms with E-state index >= 15 is 0 Å². The minimum Gasteiger partial charge on any atom is -0.370 e. The number of hydrogen-bond donors (Lipinski definition) is 1. The van der Waals surface area contributed by atoms with Gasteiger partial charge in [0.1, 0.15) is 0 Å². The van der Waals surface area contributed by atoms with Gasteiger partial charge in [0.15, 0.2) is 0 Å². The van der Waals surface area contributed by atoms with Crippen LogP contribution in [0.25, 0.3) is 0 Å². The van der Waals surface area contributed by atoms with Gasteiger partial charge >= 0.3 is 6.03 Å². The Hall–Kier alpha value is -2.20. The van der Waals surface area contributed by atoms with Crippen LogP contribution in [-0.2, 0) is 13.0 Å². The molecule has 2 aliphatic rings. The molecule has 1 saturated heterocycles. The maximum Gasteiger partial charge on any atom is 0.322 e. The van der Waals surface area contributed by atoms with E-state index in [0.29, 0.717) is 11.6 Å². The molecule has 0 spiro atoms. The van der Waals surface area contributed by atoms with Crippen molar-refractivity contribution < 1.29 is 4.79 Å². The third kappa shape index (κ3) is 3.65. The monoisotopic (exact) mass is 369 g/mol. The molecular weight excluding hydrogens is 346 g/mol. The maximum absolute atomic E-state index is 12.9. The third-order valence-electron chi connectivity index (χ3n) is 5.31. The van der Waals surface area contributed by atoms with E-state index in [4.69, 9.17) is 11.6 Å². The fourth-order valence-electron chi connectivity index (χ4n) is 3.88. The number of piperidine rings is 1. The first kappa shape index (κ1) is 17.2. The lowest BCUT2D eigenvalue weighted by Crippen LogP contribution is -2.39. The van der Waals surface area contributed by atoms with E-state index in [2.05, 4.69) is 28.4 Å².